The molecule has 0 saturated carbocycles. The van der Waals surface area contributed by atoms with Gasteiger partial charge in [-0.2, -0.15) is 4.76 Å². The average Bonchev–Trinajstić information content (AvgIpc) is 3.13. The third-order valence-corrected chi connectivity index (χ3v) is 9.58. The van der Waals surface area contributed by atoms with Crippen LogP contribution in [0, 0.1) is 0 Å². The second-order valence-electron chi connectivity index (χ2n) is 8.86. The molecule has 2 heterocycles. The molecular formula is C22H44IN4O3P. The van der Waals surface area contributed by atoms with Crippen molar-refractivity contribution in [2.75, 3.05) is 46.4 Å². The van der Waals surface area contributed by atoms with Crippen LogP contribution in [0.15, 0.2) is 4.76 Å². The molecule has 2 aliphatic rings. The molecule has 9 heteroatoms. The lowest BCUT2D eigenvalue weighted by molar-refractivity contribution is -0.00549. The van der Waals surface area contributed by atoms with Crippen LogP contribution in [-0.4, -0.2) is 72.9 Å². The van der Waals surface area contributed by atoms with E-state index in [9.17, 15) is 4.57 Å². The summed E-state index contributed by atoms with van der Waals surface area (Å²) in [7, 11) is -1.24. The van der Waals surface area contributed by atoms with Crippen LogP contribution in [0.25, 0.3) is 0 Å². The number of rotatable bonds is 15. The lowest BCUT2D eigenvalue weighted by atomic mass is 10.1. The van der Waals surface area contributed by atoms with Gasteiger partial charge in [0.15, 0.2) is 0 Å². The molecule has 2 rings (SSSR count). The number of guanidine groups is 1. The van der Waals surface area contributed by atoms with Crippen molar-refractivity contribution in [3.8, 4) is 0 Å². The molecule has 2 aliphatic heterocycles. The SMILES string of the molecule is CCCCCCCCCCCCN1CCN(C)C1=NP(=O)(OI)N1CCO[C@H](CC)C1. The van der Waals surface area contributed by atoms with E-state index in [-0.39, 0.29) is 6.10 Å². The number of ether oxygens (including phenoxy) is 1. The summed E-state index contributed by atoms with van der Waals surface area (Å²) >= 11 is 1.76. The summed E-state index contributed by atoms with van der Waals surface area (Å²) in [6.07, 6.45) is 14.3. The number of nitrogens with zero attached hydrogens (tertiary/aromatic N) is 4. The zero-order chi connectivity index (χ0) is 22.5. The zero-order valence-electron chi connectivity index (χ0n) is 19.9. The second-order valence-corrected chi connectivity index (χ2v) is 11.9. The van der Waals surface area contributed by atoms with Gasteiger partial charge in [-0.05, 0) is 12.8 Å². The van der Waals surface area contributed by atoms with E-state index in [1.54, 1.807) is 23.0 Å². The van der Waals surface area contributed by atoms with Gasteiger partial charge in [0, 0.05) is 39.8 Å². The summed E-state index contributed by atoms with van der Waals surface area (Å²) in [5.41, 5.74) is 0. The van der Waals surface area contributed by atoms with E-state index in [0.29, 0.717) is 19.7 Å². The van der Waals surface area contributed by atoms with Crippen molar-refractivity contribution in [2.24, 2.45) is 4.76 Å². The first kappa shape index (κ1) is 27.4. The fraction of sp³-hybridized carbons (Fsp3) is 0.955. The summed E-state index contributed by atoms with van der Waals surface area (Å²) in [6, 6.07) is 0. The maximum atomic E-state index is 13.6. The van der Waals surface area contributed by atoms with Gasteiger partial charge in [0.05, 0.1) is 12.7 Å². The summed E-state index contributed by atoms with van der Waals surface area (Å²) in [5.74, 6) is 0.815. The largest absolute Gasteiger partial charge is 0.402 e. The minimum Gasteiger partial charge on any atom is -0.376 e. The van der Waals surface area contributed by atoms with Gasteiger partial charge in [-0.1, -0.05) is 71.6 Å². The zero-order valence-corrected chi connectivity index (χ0v) is 23.0. The van der Waals surface area contributed by atoms with Crippen LogP contribution in [-0.2, 0) is 12.2 Å². The van der Waals surface area contributed by atoms with Crippen LogP contribution in [0.3, 0.4) is 0 Å². The van der Waals surface area contributed by atoms with Crippen LogP contribution in [0.1, 0.15) is 84.5 Å². The standard InChI is InChI=1S/C22H44IN4O3P/c1-4-6-7-8-9-10-11-12-13-14-15-26-17-16-25(3)22(26)24-31(28,30-23)27-18-19-29-21(5-2)20-27/h21H,4-20H2,1-3H3/t21-,31?/m1/s1. The molecule has 0 radical (unpaired) electrons. The highest BCUT2D eigenvalue weighted by molar-refractivity contribution is 14.1. The molecule has 182 valence electrons. The van der Waals surface area contributed by atoms with Crippen LogP contribution in [0.5, 0.6) is 0 Å². The second kappa shape index (κ2) is 15.1. The summed E-state index contributed by atoms with van der Waals surface area (Å²) in [4.78, 5) is 4.39. The summed E-state index contributed by atoms with van der Waals surface area (Å²) in [6.45, 7) is 8.97. The smallest absolute Gasteiger partial charge is 0.376 e. The molecule has 1 unspecified atom stereocenters. The first-order valence-electron chi connectivity index (χ1n) is 12.4. The average molecular weight is 570 g/mol. The highest BCUT2D eigenvalue weighted by Crippen LogP contribution is 2.55. The van der Waals surface area contributed by atoms with E-state index < -0.39 is 7.67 Å². The molecule has 7 nitrogen and oxygen atoms in total. The van der Waals surface area contributed by atoms with Crippen molar-refractivity contribution in [3.63, 3.8) is 0 Å². The molecule has 2 atom stereocenters. The number of unbranched alkanes of at least 4 members (excludes halogenated alkanes) is 9. The molecule has 2 saturated heterocycles. The van der Waals surface area contributed by atoms with E-state index in [2.05, 4.69) is 23.6 Å². The minimum atomic E-state index is -3.27. The number of hydrogen-bond acceptors (Lipinski definition) is 3. The lowest BCUT2D eigenvalue weighted by Gasteiger charge is -2.34. The van der Waals surface area contributed by atoms with Gasteiger partial charge in [-0.15, -0.1) is 0 Å². The summed E-state index contributed by atoms with van der Waals surface area (Å²) in [5, 5.41) is 0. The molecule has 0 aromatic rings. The van der Waals surface area contributed by atoms with E-state index in [0.717, 1.165) is 38.4 Å². The van der Waals surface area contributed by atoms with Crippen molar-refractivity contribution >= 4 is 36.6 Å². The Morgan fingerprint density at radius 1 is 1.03 bits per heavy atom. The molecule has 0 aliphatic carbocycles. The molecule has 0 N–H and O–H groups in total. The molecule has 2 fully saturated rings. The third-order valence-electron chi connectivity index (χ3n) is 6.35. The van der Waals surface area contributed by atoms with Crippen molar-refractivity contribution in [1.82, 2.24) is 14.5 Å². The van der Waals surface area contributed by atoms with Gasteiger partial charge in [0.25, 0.3) is 0 Å². The van der Waals surface area contributed by atoms with Gasteiger partial charge in [-0.3, -0.25) is 0 Å². The fourth-order valence-corrected chi connectivity index (χ4v) is 6.75. The van der Waals surface area contributed by atoms with Crippen molar-refractivity contribution in [1.29, 1.82) is 0 Å². The maximum Gasteiger partial charge on any atom is 0.402 e. The van der Waals surface area contributed by atoms with Crippen LogP contribution < -0.4 is 0 Å². The van der Waals surface area contributed by atoms with E-state index >= 15 is 0 Å². The molecule has 0 amide bonds. The molecule has 0 bridgehead atoms. The van der Waals surface area contributed by atoms with Crippen LogP contribution >= 0.6 is 30.7 Å². The Hall–Kier alpha value is 0.110. The van der Waals surface area contributed by atoms with E-state index in [4.69, 9.17) is 12.4 Å². The Balaban J connectivity index is 1.79. The first-order valence-corrected chi connectivity index (χ1v) is 14.8. The van der Waals surface area contributed by atoms with Crippen LogP contribution in [0.2, 0.25) is 0 Å². The normalized spacial score (nSPS) is 23.6. The minimum absolute atomic E-state index is 0.0953. The predicted molar refractivity (Wildman–Crippen MR) is 138 cm³/mol. The highest BCUT2D eigenvalue weighted by Gasteiger charge is 2.38. The Morgan fingerprint density at radius 2 is 1.68 bits per heavy atom. The monoisotopic (exact) mass is 570 g/mol. The third kappa shape index (κ3) is 9.11. The molecule has 0 aromatic carbocycles. The van der Waals surface area contributed by atoms with Gasteiger partial charge < -0.3 is 14.5 Å². The number of hydrogen-bond donors (Lipinski definition) is 0. The topological polar surface area (TPSA) is 57.6 Å². The lowest BCUT2D eigenvalue weighted by Crippen LogP contribution is -2.40. The predicted octanol–water partition coefficient (Wildman–Crippen LogP) is 6.10. The highest BCUT2D eigenvalue weighted by atomic mass is 127. The Bertz CT molecular complexity index is 581. The number of likely N-dealkylation sites (N-methyl/N-ethyl adjacent to an activating group) is 1. The maximum absolute atomic E-state index is 13.6. The van der Waals surface area contributed by atoms with Gasteiger partial charge in [-0.25, -0.2) is 12.1 Å². The molecule has 0 spiro atoms. The number of morpholine rings is 1. The van der Waals surface area contributed by atoms with Crippen LogP contribution in [0.4, 0.5) is 0 Å². The Kier molecular flexibility index (Phi) is 13.3. The number of halogens is 1. The summed E-state index contributed by atoms with van der Waals surface area (Å²) < 4.78 is 31.4. The molecular weight excluding hydrogens is 526 g/mol. The van der Waals surface area contributed by atoms with Gasteiger partial charge >= 0.3 is 7.67 Å². The first-order chi connectivity index (χ1) is 15.0. The van der Waals surface area contributed by atoms with Crippen molar-refractivity contribution in [2.45, 2.75) is 90.6 Å². The van der Waals surface area contributed by atoms with Crippen molar-refractivity contribution < 1.29 is 12.2 Å². The fourth-order valence-electron chi connectivity index (χ4n) is 4.27. The van der Waals surface area contributed by atoms with Gasteiger partial charge in [0.1, 0.15) is 23.0 Å². The quantitative estimate of drug-likeness (QED) is 0.135. The van der Waals surface area contributed by atoms with Gasteiger partial charge in [0.2, 0.25) is 5.96 Å². The Labute approximate surface area is 204 Å². The van der Waals surface area contributed by atoms with E-state index in [1.807, 2.05) is 11.7 Å². The molecule has 31 heavy (non-hydrogen) atoms. The van der Waals surface area contributed by atoms with E-state index in [1.165, 1.54) is 57.8 Å². The molecule has 0 aromatic heterocycles. The Morgan fingerprint density at radius 3 is 2.29 bits per heavy atom. The van der Waals surface area contributed by atoms with Crippen molar-refractivity contribution in [3.05, 3.63) is 0 Å².